The van der Waals surface area contributed by atoms with Crippen LogP contribution in [0.5, 0.6) is 0 Å². The van der Waals surface area contributed by atoms with Gasteiger partial charge in [0.2, 0.25) is 0 Å². The van der Waals surface area contributed by atoms with Crippen molar-refractivity contribution in [3.05, 3.63) is 27.6 Å². The van der Waals surface area contributed by atoms with Crippen LogP contribution < -0.4 is 10.6 Å². The highest BCUT2D eigenvalue weighted by Gasteiger charge is 2.23. The quantitative estimate of drug-likeness (QED) is 0.559. The summed E-state index contributed by atoms with van der Waals surface area (Å²) in [6.45, 7) is 2.63. The monoisotopic (exact) mass is 391 g/mol. The third kappa shape index (κ3) is 3.89. The zero-order valence-corrected chi connectivity index (χ0v) is 12.9. The lowest BCUT2D eigenvalue weighted by atomic mass is 10.3. The number of carbonyl (C=O) groups is 2. The summed E-state index contributed by atoms with van der Waals surface area (Å²) in [6.07, 6.45) is 0.826. The van der Waals surface area contributed by atoms with Gasteiger partial charge in [-0.1, -0.05) is 0 Å². The molecule has 1 heterocycles. The third-order valence-corrected chi connectivity index (χ3v) is 3.89. The molecule has 1 aliphatic heterocycles. The van der Waals surface area contributed by atoms with Crippen LogP contribution >= 0.6 is 22.6 Å². The van der Waals surface area contributed by atoms with Crippen LogP contribution in [0.15, 0.2) is 18.2 Å². The van der Waals surface area contributed by atoms with E-state index in [4.69, 9.17) is 0 Å². The van der Waals surface area contributed by atoms with E-state index in [0.717, 1.165) is 13.0 Å². The fourth-order valence-corrected chi connectivity index (χ4v) is 2.57. The number of carbonyl (C=O) groups excluding carboxylic acids is 2. The van der Waals surface area contributed by atoms with Gasteiger partial charge < -0.3 is 15.5 Å². The molecular weight excluding hydrogens is 376 g/mol. The molecule has 0 bridgehead atoms. The van der Waals surface area contributed by atoms with Crippen LogP contribution in [0.25, 0.3) is 0 Å². The van der Waals surface area contributed by atoms with E-state index in [1.807, 2.05) is 22.6 Å². The average Bonchev–Trinajstić information content (AvgIpc) is 2.70. The van der Waals surface area contributed by atoms with Gasteiger partial charge >= 0.3 is 11.8 Å². The number of halogens is 2. The van der Waals surface area contributed by atoms with Crippen LogP contribution in [0.3, 0.4) is 0 Å². The van der Waals surface area contributed by atoms with E-state index >= 15 is 0 Å². The van der Waals surface area contributed by atoms with E-state index in [9.17, 15) is 14.0 Å². The largest absolute Gasteiger partial charge is 0.333 e. The Morgan fingerprint density at radius 3 is 2.85 bits per heavy atom. The van der Waals surface area contributed by atoms with Crippen molar-refractivity contribution in [2.45, 2.75) is 6.42 Å². The summed E-state index contributed by atoms with van der Waals surface area (Å²) < 4.78 is 13.5. The van der Waals surface area contributed by atoms with E-state index in [-0.39, 0.29) is 5.82 Å². The normalized spacial score (nSPS) is 15.6. The topological polar surface area (TPSA) is 61.4 Å². The maximum absolute atomic E-state index is 13.0. The Morgan fingerprint density at radius 2 is 2.10 bits per heavy atom. The van der Waals surface area contributed by atoms with Crippen molar-refractivity contribution in [1.82, 2.24) is 10.2 Å². The zero-order valence-electron chi connectivity index (χ0n) is 10.8. The molecule has 0 aromatic heterocycles. The predicted molar refractivity (Wildman–Crippen MR) is 81.8 cm³/mol. The predicted octanol–water partition coefficient (Wildman–Crippen LogP) is 1.19. The number of benzene rings is 1. The SMILES string of the molecule is O=C(Nc1ccc(F)cc1I)C(=O)N1CCCNCC1. The lowest BCUT2D eigenvalue weighted by Gasteiger charge is -2.19. The lowest BCUT2D eigenvalue weighted by molar-refractivity contribution is -0.143. The Kier molecular flexibility index (Phi) is 5.30. The van der Waals surface area contributed by atoms with Crippen LogP contribution in [0.4, 0.5) is 10.1 Å². The zero-order chi connectivity index (χ0) is 14.5. The molecule has 2 N–H and O–H groups in total. The molecule has 0 atom stereocenters. The molecule has 1 aliphatic rings. The Balaban J connectivity index is 2.01. The fourth-order valence-electron chi connectivity index (χ4n) is 1.96. The first-order chi connectivity index (χ1) is 9.58. The molecule has 1 fully saturated rings. The van der Waals surface area contributed by atoms with Gasteiger partial charge in [-0.2, -0.15) is 0 Å². The molecule has 0 aliphatic carbocycles. The number of anilines is 1. The second kappa shape index (κ2) is 6.98. The van der Waals surface area contributed by atoms with Gasteiger partial charge in [-0.3, -0.25) is 9.59 Å². The minimum absolute atomic E-state index is 0.377. The van der Waals surface area contributed by atoms with Crippen LogP contribution in [0.2, 0.25) is 0 Å². The summed E-state index contributed by atoms with van der Waals surface area (Å²) in [5.74, 6) is -1.61. The van der Waals surface area contributed by atoms with Crippen LogP contribution in [0, 0.1) is 9.39 Å². The molecule has 5 nitrogen and oxygen atoms in total. The first kappa shape index (κ1) is 15.2. The summed E-state index contributed by atoms with van der Waals surface area (Å²) >= 11 is 1.91. The number of nitrogens with one attached hydrogen (secondary N) is 2. The summed E-state index contributed by atoms with van der Waals surface area (Å²) in [7, 11) is 0. The van der Waals surface area contributed by atoms with E-state index in [1.165, 1.54) is 23.1 Å². The van der Waals surface area contributed by atoms with E-state index in [0.29, 0.717) is 28.9 Å². The molecule has 108 valence electrons. The van der Waals surface area contributed by atoms with Gasteiger partial charge in [0.1, 0.15) is 5.82 Å². The summed E-state index contributed by atoms with van der Waals surface area (Å²) in [5, 5.41) is 5.70. The second-order valence-electron chi connectivity index (χ2n) is 4.47. The molecule has 0 radical (unpaired) electrons. The minimum Gasteiger partial charge on any atom is -0.333 e. The molecule has 0 spiro atoms. The van der Waals surface area contributed by atoms with Crippen molar-refractivity contribution < 1.29 is 14.0 Å². The highest BCUT2D eigenvalue weighted by molar-refractivity contribution is 14.1. The molecule has 2 amide bonds. The van der Waals surface area contributed by atoms with Crippen LogP contribution in [-0.2, 0) is 9.59 Å². The maximum Gasteiger partial charge on any atom is 0.313 e. The van der Waals surface area contributed by atoms with Crippen molar-refractivity contribution in [2.24, 2.45) is 0 Å². The summed E-state index contributed by atoms with van der Waals surface area (Å²) in [5.41, 5.74) is 0.443. The van der Waals surface area contributed by atoms with Gasteiger partial charge in [-0.25, -0.2) is 4.39 Å². The summed E-state index contributed by atoms with van der Waals surface area (Å²) in [6, 6.07) is 4.00. The Bertz CT molecular complexity index is 516. The molecule has 1 saturated heterocycles. The van der Waals surface area contributed by atoms with Crippen molar-refractivity contribution in [2.75, 3.05) is 31.5 Å². The van der Waals surface area contributed by atoms with Gasteiger partial charge in [-0.05, 0) is 53.8 Å². The highest BCUT2D eigenvalue weighted by Crippen LogP contribution is 2.19. The molecule has 7 heteroatoms. The lowest BCUT2D eigenvalue weighted by Crippen LogP contribution is -2.41. The molecule has 0 saturated carbocycles. The number of hydrogen-bond donors (Lipinski definition) is 2. The number of nitrogens with zero attached hydrogens (tertiary/aromatic N) is 1. The number of hydrogen-bond acceptors (Lipinski definition) is 3. The molecular formula is C13H15FIN3O2. The van der Waals surface area contributed by atoms with Crippen molar-refractivity contribution in [3.63, 3.8) is 0 Å². The first-order valence-corrected chi connectivity index (χ1v) is 7.42. The highest BCUT2D eigenvalue weighted by atomic mass is 127. The van der Waals surface area contributed by atoms with E-state index in [1.54, 1.807) is 0 Å². The standard InChI is InChI=1S/C13H15FIN3O2/c14-9-2-3-11(10(15)8-9)17-12(19)13(20)18-6-1-4-16-5-7-18/h2-3,8,16H,1,4-7H2,(H,17,19). The van der Waals surface area contributed by atoms with Gasteiger partial charge in [-0.15, -0.1) is 0 Å². The smallest absolute Gasteiger partial charge is 0.313 e. The average molecular weight is 391 g/mol. The van der Waals surface area contributed by atoms with Gasteiger partial charge in [0.15, 0.2) is 0 Å². The van der Waals surface area contributed by atoms with Crippen molar-refractivity contribution in [3.8, 4) is 0 Å². The molecule has 0 unspecified atom stereocenters. The maximum atomic E-state index is 13.0. The second-order valence-corrected chi connectivity index (χ2v) is 5.64. The first-order valence-electron chi connectivity index (χ1n) is 6.34. The van der Waals surface area contributed by atoms with Crippen molar-refractivity contribution in [1.29, 1.82) is 0 Å². The molecule has 20 heavy (non-hydrogen) atoms. The van der Waals surface area contributed by atoms with Gasteiger partial charge in [0.25, 0.3) is 0 Å². The van der Waals surface area contributed by atoms with Crippen molar-refractivity contribution >= 4 is 40.1 Å². The Hall–Kier alpha value is -1.22. The van der Waals surface area contributed by atoms with Crippen LogP contribution in [0.1, 0.15) is 6.42 Å². The molecule has 1 aromatic rings. The van der Waals surface area contributed by atoms with E-state index < -0.39 is 11.8 Å². The molecule has 2 rings (SSSR count). The number of rotatable bonds is 1. The summed E-state index contributed by atoms with van der Waals surface area (Å²) in [4.78, 5) is 25.5. The minimum atomic E-state index is -0.684. The van der Waals surface area contributed by atoms with Gasteiger partial charge in [0.05, 0.1) is 5.69 Å². The van der Waals surface area contributed by atoms with E-state index in [2.05, 4.69) is 10.6 Å². The van der Waals surface area contributed by atoms with Crippen LogP contribution in [-0.4, -0.2) is 42.9 Å². The van der Waals surface area contributed by atoms with Gasteiger partial charge in [0, 0.05) is 23.2 Å². The Labute approximate surface area is 130 Å². The Morgan fingerprint density at radius 1 is 1.30 bits per heavy atom. The number of amides is 2. The third-order valence-electron chi connectivity index (χ3n) is 3.00. The fraction of sp³-hybridized carbons (Fsp3) is 0.385. The molecule has 1 aromatic carbocycles.